The molecule has 2 amide bonds. The molecule has 1 saturated heterocycles. The summed E-state index contributed by atoms with van der Waals surface area (Å²) in [6, 6.07) is 3.23. The van der Waals surface area contributed by atoms with Gasteiger partial charge in [0.1, 0.15) is 5.76 Å². The highest BCUT2D eigenvalue weighted by molar-refractivity contribution is 5.94. The largest absolute Gasteiger partial charge is 0.468 e. The molecule has 3 rings (SSSR count). The first-order chi connectivity index (χ1) is 13.1. The van der Waals surface area contributed by atoms with Gasteiger partial charge in [-0.1, -0.05) is 0 Å². The number of rotatable bonds is 7. The highest BCUT2D eigenvalue weighted by Gasteiger charge is 2.37. The lowest BCUT2D eigenvalue weighted by Crippen LogP contribution is -2.42. The van der Waals surface area contributed by atoms with Gasteiger partial charge in [0.05, 0.1) is 24.4 Å². The average molecular weight is 372 g/mol. The normalized spacial score (nSPS) is 19.6. The molecule has 3 N–H and O–H groups in total. The van der Waals surface area contributed by atoms with Crippen molar-refractivity contribution in [2.75, 3.05) is 25.5 Å². The van der Waals surface area contributed by atoms with E-state index in [9.17, 15) is 9.59 Å². The first-order valence-corrected chi connectivity index (χ1v) is 8.95. The third kappa shape index (κ3) is 4.62. The third-order valence-corrected chi connectivity index (χ3v) is 4.47. The Balaban J connectivity index is 1.66. The fourth-order valence-corrected chi connectivity index (χ4v) is 3.19. The summed E-state index contributed by atoms with van der Waals surface area (Å²) in [5.74, 6) is 0.945. The predicted octanol–water partition coefficient (Wildman–Crippen LogP) is 0.620. The van der Waals surface area contributed by atoms with E-state index in [1.54, 1.807) is 13.3 Å². The molecule has 2 aromatic rings. The van der Waals surface area contributed by atoms with E-state index in [2.05, 4.69) is 25.9 Å². The van der Waals surface area contributed by atoms with Gasteiger partial charge in [-0.15, -0.1) is 0 Å². The van der Waals surface area contributed by atoms with E-state index in [1.165, 1.54) is 12.4 Å². The lowest BCUT2D eigenvalue weighted by Gasteiger charge is -2.22. The SMILES string of the molecule is CCNC(=O)[C@@H]1C[C@H](NC(=O)c2cnc(NC)nc2)CN1Cc1ccco1. The Morgan fingerprint density at radius 1 is 1.33 bits per heavy atom. The van der Waals surface area contributed by atoms with Crippen LogP contribution in [0.4, 0.5) is 5.95 Å². The standard InChI is InChI=1S/C18H24N6O3/c1-3-20-17(26)15-7-13(10-24(15)11-14-5-4-6-27-14)23-16(25)12-8-21-18(19-2)22-9-12/h4-6,8-9,13,15H,3,7,10-11H2,1-2H3,(H,20,26)(H,23,25)(H,19,21,22)/t13-,15-/m0/s1. The molecule has 0 bridgehead atoms. The number of carbonyl (C=O) groups is 2. The van der Waals surface area contributed by atoms with Crippen molar-refractivity contribution in [3.63, 3.8) is 0 Å². The number of anilines is 1. The molecular weight excluding hydrogens is 348 g/mol. The van der Waals surface area contributed by atoms with Crippen LogP contribution in [0.2, 0.25) is 0 Å². The van der Waals surface area contributed by atoms with E-state index < -0.39 is 0 Å². The Labute approximate surface area is 157 Å². The topological polar surface area (TPSA) is 112 Å². The Bertz CT molecular complexity index is 762. The van der Waals surface area contributed by atoms with Crippen LogP contribution in [0.3, 0.4) is 0 Å². The van der Waals surface area contributed by atoms with Crippen molar-refractivity contribution in [3.8, 4) is 0 Å². The summed E-state index contributed by atoms with van der Waals surface area (Å²) in [6.07, 6.45) is 5.10. The summed E-state index contributed by atoms with van der Waals surface area (Å²) in [4.78, 5) is 35.0. The first kappa shape index (κ1) is 18.8. The number of likely N-dealkylation sites (N-methyl/N-ethyl adjacent to an activating group) is 1. The maximum Gasteiger partial charge on any atom is 0.254 e. The highest BCUT2D eigenvalue weighted by Crippen LogP contribution is 2.21. The van der Waals surface area contributed by atoms with E-state index in [0.717, 1.165) is 5.76 Å². The van der Waals surface area contributed by atoms with Gasteiger partial charge in [0.15, 0.2) is 0 Å². The number of furan rings is 1. The Morgan fingerprint density at radius 3 is 2.74 bits per heavy atom. The molecule has 0 aromatic carbocycles. The summed E-state index contributed by atoms with van der Waals surface area (Å²) in [6.45, 7) is 3.53. The van der Waals surface area contributed by atoms with Gasteiger partial charge in [-0.25, -0.2) is 9.97 Å². The van der Waals surface area contributed by atoms with Crippen molar-refractivity contribution in [3.05, 3.63) is 42.1 Å². The van der Waals surface area contributed by atoms with E-state index in [1.807, 2.05) is 24.0 Å². The molecule has 0 saturated carbocycles. The molecule has 9 heteroatoms. The van der Waals surface area contributed by atoms with Gasteiger partial charge in [0.2, 0.25) is 11.9 Å². The van der Waals surface area contributed by atoms with Crippen LogP contribution in [0, 0.1) is 0 Å². The van der Waals surface area contributed by atoms with Gasteiger partial charge in [0, 0.05) is 38.6 Å². The number of amides is 2. The molecule has 0 spiro atoms. The molecule has 144 valence electrons. The number of carbonyl (C=O) groups excluding carboxylic acids is 2. The molecule has 0 aliphatic carbocycles. The second kappa shape index (κ2) is 8.63. The van der Waals surface area contributed by atoms with Crippen LogP contribution in [-0.4, -0.2) is 58.9 Å². The van der Waals surface area contributed by atoms with Crippen LogP contribution in [-0.2, 0) is 11.3 Å². The van der Waals surface area contributed by atoms with Gasteiger partial charge in [-0.3, -0.25) is 14.5 Å². The number of hydrogen-bond acceptors (Lipinski definition) is 7. The minimum atomic E-state index is -0.316. The van der Waals surface area contributed by atoms with Crippen LogP contribution in [0.15, 0.2) is 35.2 Å². The predicted molar refractivity (Wildman–Crippen MR) is 99.0 cm³/mol. The summed E-state index contributed by atoms with van der Waals surface area (Å²) >= 11 is 0. The summed E-state index contributed by atoms with van der Waals surface area (Å²) < 4.78 is 5.41. The van der Waals surface area contributed by atoms with Crippen molar-refractivity contribution < 1.29 is 14.0 Å². The molecule has 0 radical (unpaired) electrons. The van der Waals surface area contributed by atoms with Crippen LogP contribution in [0.5, 0.6) is 0 Å². The van der Waals surface area contributed by atoms with E-state index in [4.69, 9.17) is 4.42 Å². The molecule has 3 heterocycles. The molecule has 27 heavy (non-hydrogen) atoms. The monoisotopic (exact) mass is 372 g/mol. The smallest absolute Gasteiger partial charge is 0.254 e. The highest BCUT2D eigenvalue weighted by atomic mass is 16.3. The third-order valence-electron chi connectivity index (χ3n) is 4.47. The van der Waals surface area contributed by atoms with Crippen molar-refractivity contribution in [2.45, 2.75) is 32.0 Å². The van der Waals surface area contributed by atoms with E-state index >= 15 is 0 Å². The molecular formula is C18H24N6O3. The molecule has 9 nitrogen and oxygen atoms in total. The number of nitrogens with zero attached hydrogens (tertiary/aromatic N) is 3. The maximum atomic E-state index is 12.5. The summed E-state index contributed by atoms with van der Waals surface area (Å²) in [5.41, 5.74) is 0.382. The second-order valence-electron chi connectivity index (χ2n) is 6.37. The van der Waals surface area contributed by atoms with E-state index in [0.29, 0.717) is 37.6 Å². The van der Waals surface area contributed by atoms with Gasteiger partial charge >= 0.3 is 0 Å². The van der Waals surface area contributed by atoms with Crippen LogP contribution in [0.25, 0.3) is 0 Å². The zero-order valence-corrected chi connectivity index (χ0v) is 15.4. The Kier molecular flexibility index (Phi) is 6.02. The quantitative estimate of drug-likeness (QED) is 0.653. The maximum absolute atomic E-state index is 12.5. The molecule has 1 aliphatic rings. The van der Waals surface area contributed by atoms with Crippen molar-refractivity contribution in [2.24, 2.45) is 0 Å². The lowest BCUT2D eigenvalue weighted by molar-refractivity contribution is -0.125. The van der Waals surface area contributed by atoms with Gasteiger partial charge in [0.25, 0.3) is 5.91 Å². The van der Waals surface area contributed by atoms with Crippen molar-refractivity contribution in [1.82, 2.24) is 25.5 Å². The first-order valence-electron chi connectivity index (χ1n) is 8.95. The van der Waals surface area contributed by atoms with Crippen LogP contribution in [0.1, 0.15) is 29.5 Å². The minimum Gasteiger partial charge on any atom is -0.468 e. The van der Waals surface area contributed by atoms with Crippen LogP contribution < -0.4 is 16.0 Å². The summed E-state index contributed by atoms with van der Waals surface area (Å²) in [7, 11) is 1.71. The fourth-order valence-electron chi connectivity index (χ4n) is 3.19. The summed E-state index contributed by atoms with van der Waals surface area (Å²) in [5, 5.41) is 8.65. The number of likely N-dealkylation sites (tertiary alicyclic amines) is 1. The molecule has 1 fully saturated rings. The minimum absolute atomic E-state index is 0.0393. The lowest BCUT2D eigenvalue weighted by atomic mass is 10.1. The molecule has 2 aromatic heterocycles. The molecule has 0 unspecified atom stereocenters. The van der Waals surface area contributed by atoms with Gasteiger partial charge in [-0.05, 0) is 25.5 Å². The molecule has 2 atom stereocenters. The van der Waals surface area contributed by atoms with E-state index in [-0.39, 0.29) is 23.9 Å². The Hall–Kier alpha value is -2.94. The average Bonchev–Trinajstić information content (AvgIpc) is 3.32. The van der Waals surface area contributed by atoms with Gasteiger partial charge in [-0.2, -0.15) is 0 Å². The number of hydrogen-bond donors (Lipinski definition) is 3. The fraction of sp³-hybridized carbons (Fsp3) is 0.444. The zero-order chi connectivity index (χ0) is 19.2. The van der Waals surface area contributed by atoms with Crippen molar-refractivity contribution in [1.29, 1.82) is 0 Å². The zero-order valence-electron chi connectivity index (χ0n) is 15.4. The van der Waals surface area contributed by atoms with Crippen LogP contribution >= 0.6 is 0 Å². The van der Waals surface area contributed by atoms with Crippen molar-refractivity contribution >= 4 is 17.8 Å². The molecule has 1 aliphatic heterocycles. The van der Waals surface area contributed by atoms with Gasteiger partial charge < -0.3 is 20.4 Å². The Morgan fingerprint density at radius 2 is 2.11 bits per heavy atom. The second-order valence-corrected chi connectivity index (χ2v) is 6.37. The number of nitrogens with one attached hydrogen (secondary N) is 3. The number of aromatic nitrogens is 2.